The van der Waals surface area contributed by atoms with Crippen LogP contribution in [-0.2, 0) is 9.53 Å². The molecule has 7 heteroatoms. The molecule has 0 aliphatic carbocycles. The molecule has 0 fully saturated rings. The van der Waals surface area contributed by atoms with Crippen molar-refractivity contribution in [2.24, 2.45) is 0 Å². The minimum Gasteiger partial charge on any atom is -0.459 e. The third-order valence-corrected chi connectivity index (χ3v) is 4.62. The standard InChI is InChI=1S/C21H40O7/c1-2-3-4-5-6-7-8-9-10-11-12-13-14-15-19(24)21(26,27)20(25)28-17-18(23)16-22/h9-10,18-19,22-24,26-27H,2-8,11-17H2,1H3/b10-9-. The summed E-state index contributed by atoms with van der Waals surface area (Å²) in [6.45, 7) is 1.03. The summed E-state index contributed by atoms with van der Waals surface area (Å²) in [6.07, 6.45) is 13.5. The maximum atomic E-state index is 11.6. The number of aliphatic hydroxyl groups excluding tert-OH is 3. The number of aliphatic hydroxyl groups is 5. The average Bonchev–Trinajstić information content (AvgIpc) is 2.68. The van der Waals surface area contributed by atoms with Crippen LogP contribution < -0.4 is 0 Å². The van der Waals surface area contributed by atoms with Gasteiger partial charge in [-0.2, -0.15) is 0 Å². The summed E-state index contributed by atoms with van der Waals surface area (Å²) in [4.78, 5) is 11.6. The van der Waals surface area contributed by atoms with Crippen LogP contribution >= 0.6 is 0 Å². The molecule has 0 saturated heterocycles. The number of rotatable bonds is 18. The second-order valence-electron chi connectivity index (χ2n) is 7.34. The first-order valence-corrected chi connectivity index (χ1v) is 10.6. The van der Waals surface area contributed by atoms with Gasteiger partial charge in [0.05, 0.1) is 6.61 Å². The molecule has 166 valence electrons. The van der Waals surface area contributed by atoms with Gasteiger partial charge in [-0.05, 0) is 32.1 Å². The lowest BCUT2D eigenvalue weighted by molar-refractivity contribution is -0.243. The Kier molecular flexibility index (Phi) is 16.3. The minimum atomic E-state index is -3.02. The highest BCUT2D eigenvalue weighted by Gasteiger charge is 2.43. The molecule has 0 amide bonds. The molecule has 5 N–H and O–H groups in total. The van der Waals surface area contributed by atoms with Gasteiger partial charge in [-0.1, -0.05) is 64.0 Å². The molecule has 0 aromatic heterocycles. The number of carbonyl (C=O) groups is 1. The fourth-order valence-electron chi connectivity index (χ4n) is 2.72. The lowest BCUT2D eigenvalue weighted by atomic mass is 10.0. The smallest absolute Gasteiger partial charge is 0.369 e. The zero-order valence-corrected chi connectivity index (χ0v) is 17.3. The van der Waals surface area contributed by atoms with Gasteiger partial charge in [0.25, 0.3) is 5.79 Å². The quantitative estimate of drug-likeness (QED) is 0.103. The van der Waals surface area contributed by atoms with Gasteiger partial charge in [0.2, 0.25) is 0 Å². The number of hydrogen-bond acceptors (Lipinski definition) is 7. The van der Waals surface area contributed by atoms with Crippen LogP contribution in [0.15, 0.2) is 12.2 Å². The first-order valence-electron chi connectivity index (χ1n) is 10.6. The topological polar surface area (TPSA) is 127 Å². The predicted octanol–water partition coefficient (Wildman–Crippen LogP) is 2.18. The van der Waals surface area contributed by atoms with Crippen molar-refractivity contribution in [1.82, 2.24) is 0 Å². The van der Waals surface area contributed by atoms with E-state index >= 15 is 0 Å². The van der Waals surface area contributed by atoms with Gasteiger partial charge in [0, 0.05) is 0 Å². The number of hydrogen-bond donors (Lipinski definition) is 5. The number of esters is 1. The van der Waals surface area contributed by atoms with Crippen molar-refractivity contribution in [3.05, 3.63) is 12.2 Å². The molecule has 28 heavy (non-hydrogen) atoms. The summed E-state index contributed by atoms with van der Waals surface area (Å²) in [5.41, 5.74) is 0. The van der Waals surface area contributed by atoms with E-state index in [1.807, 2.05) is 0 Å². The van der Waals surface area contributed by atoms with Crippen LogP contribution in [0.5, 0.6) is 0 Å². The number of allylic oxidation sites excluding steroid dienone is 2. The van der Waals surface area contributed by atoms with Crippen molar-refractivity contribution in [1.29, 1.82) is 0 Å². The van der Waals surface area contributed by atoms with Crippen molar-refractivity contribution in [2.45, 2.75) is 102 Å². The minimum absolute atomic E-state index is 0.0477. The normalized spacial score (nSPS) is 14.4. The van der Waals surface area contributed by atoms with Crippen LogP contribution in [0.3, 0.4) is 0 Å². The third-order valence-electron chi connectivity index (χ3n) is 4.62. The van der Waals surface area contributed by atoms with Gasteiger partial charge < -0.3 is 30.3 Å². The highest BCUT2D eigenvalue weighted by molar-refractivity contribution is 5.77. The van der Waals surface area contributed by atoms with Gasteiger partial charge in [0.15, 0.2) is 0 Å². The van der Waals surface area contributed by atoms with Crippen LogP contribution in [0.2, 0.25) is 0 Å². The van der Waals surface area contributed by atoms with Crippen LogP contribution in [-0.4, -0.2) is 62.7 Å². The van der Waals surface area contributed by atoms with Crippen molar-refractivity contribution in [3.63, 3.8) is 0 Å². The van der Waals surface area contributed by atoms with Crippen molar-refractivity contribution >= 4 is 5.97 Å². The molecule has 0 saturated carbocycles. The van der Waals surface area contributed by atoms with Crippen LogP contribution in [0.4, 0.5) is 0 Å². The molecule has 0 aliphatic rings. The number of ether oxygens (including phenoxy) is 1. The molecule has 2 unspecified atom stereocenters. The summed E-state index contributed by atoms with van der Waals surface area (Å²) >= 11 is 0. The summed E-state index contributed by atoms with van der Waals surface area (Å²) in [5.74, 6) is -4.46. The third kappa shape index (κ3) is 13.2. The van der Waals surface area contributed by atoms with E-state index in [0.717, 1.165) is 25.7 Å². The van der Waals surface area contributed by atoms with Crippen molar-refractivity contribution in [2.75, 3.05) is 13.2 Å². The molecule has 0 bridgehead atoms. The molecule has 2 atom stereocenters. The summed E-state index contributed by atoms with van der Waals surface area (Å²) in [7, 11) is 0. The molecular formula is C21H40O7. The lowest BCUT2D eigenvalue weighted by Gasteiger charge is -2.25. The first-order chi connectivity index (χ1) is 13.4. The monoisotopic (exact) mass is 404 g/mol. The van der Waals surface area contributed by atoms with Gasteiger partial charge in [-0.15, -0.1) is 0 Å². The van der Waals surface area contributed by atoms with E-state index < -0.39 is 37.2 Å². The predicted molar refractivity (Wildman–Crippen MR) is 107 cm³/mol. The Hall–Kier alpha value is -0.990. The fourth-order valence-corrected chi connectivity index (χ4v) is 2.72. The maximum absolute atomic E-state index is 11.6. The van der Waals surface area contributed by atoms with Crippen molar-refractivity contribution in [3.8, 4) is 0 Å². The zero-order chi connectivity index (χ0) is 21.3. The summed E-state index contributed by atoms with van der Waals surface area (Å²) in [5, 5.41) is 46.9. The van der Waals surface area contributed by atoms with E-state index in [-0.39, 0.29) is 6.42 Å². The average molecular weight is 405 g/mol. The summed E-state index contributed by atoms with van der Waals surface area (Å²) in [6, 6.07) is 0. The Morgan fingerprint density at radius 2 is 1.46 bits per heavy atom. The van der Waals surface area contributed by atoms with Crippen LogP contribution in [0.25, 0.3) is 0 Å². The van der Waals surface area contributed by atoms with E-state index in [9.17, 15) is 20.1 Å². The molecule has 0 spiro atoms. The van der Waals surface area contributed by atoms with Gasteiger partial charge in [-0.25, -0.2) is 4.79 Å². The lowest BCUT2D eigenvalue weighted by Crippen LogP contribution is -2.51. The van der Waals surface area contributed by atoms with Crippen LogP contribution in [0.1, 0.15) is 84.0 Å². The molecule has 0 aliphatic heterocycles. The highest BCUT2D eigenvalue weighted by atomic mass is 16.6. The zero-order valence-electron chi connectivity index (χ0n) is 17.3. The second kappa shape index (κ2) is 16.9. The number of carbonyl (C=O) groups excluding carboxylic acids is 1. The molecule has 0 aromatic carbocycles. The van der Waals surface area contributed by atoms with Crippen LogP contribution in [0, 0.1) is 0 Å². The van der Waals surface area contributed by atoms with Gasteiger partial charge in [0.1, 0.15) is 18.8 Å². The van der Waals surface area contributed by atoms with E-state index in [0.29, 0.717) is 6.42 Å². The molecular weight excluding hydrogens is 364 g/mol. The fraction of sp³-hybridized carbons (Fsp3) is 0.857. The first kappa shape index (κ1) is 27.0. The number of unbranched alkanes of at least 4 members (excludes halogenated alkanes) is 9. The Labute approximate surface area is 169 Å². The Morgan fingerprint density at radius 3 is 2.04 bits per heavy atom. The Bertz CT molecular complexity index is 410. The van der Waals surface area contributed by atoms with E-state index in [2.05, 4.69) is 23.8 Å². The highest BCUT2D eigenvalue weighted by Crippen LogP contribution is 2.17. The molecule has 0 radical (unpaired) electrons. The molecule has 7 nitrogen and oxygen atoms in total. The van der Waals surface area contributed by atoms with E-state index in [1.54, 1.807) is 0 Å². The van der Waals surface area contributed by atoms with E-state index in [1.165, 1.54) is 38.5 Å². The maximum Gasteiger partial charge on any atom is 0.369 e. The van der Waals surface area contributed by atoms with Gasteiger partial charge in [-0.3, -0.25) is 0 Å². The molecule has 0 heterocycles. The van der Waals surface area contributed by atoms with Gasteiger partial charge >= 0.3 is 5.97 Å². The Morgan fingerprint density at radius 1 is 0.929 bits per heavy atom. The van der Waals surface area contributed by atoms with E-state index in [4.69, 9.17) is 10.2 Å². The Balaban J connectivity index is 3.75. The molecule has 0 rings (SSSR count). The largest absolute Gasteiger partial charge is 0.459 e. The second-order valence-corrected chi connectivity index (χ2v) is 7.34. The van der Waals surface area contributed by atoms with Crippen molar-refractivity contribution < 1.29 is 35.1 Å². The SMILES string of the molecule is CCCCCCCC/C=C\CCCCCC(O)C(O)(O)C(=O)OCC(O)CO. The molecule has 0 aromatic rings. The summed E-state index contributed by atoms with van der Waals surface area (Å²) < 4.78 is 4.48.